The molecule has 0 spiro atoms. The van der Waals surface area contributed by atoms with Crippen LogP contribution in [0.25, 0.3) is 11.1 Å². The van der Waals surface area contributed by atoms with Crippen LogP contribution in [0.4, 0.5) is 4.39 Å². The standard InChI is InChI=1S/C30H42FSi/c1-2-3-4-21-32-22-19-25(20-23-32)6-5-24-7-9-26(10-8-24)27-11-13-28(14-12-27)29-15-17-30(31)18-16-29/h11-18,24-26H,2-10,19-23H2,1H3. The van der Waals surface area contributed by atoms with Gasteiger partial charge in [-0.25, -0.2) is 4.39 Å². The Morgan fingerprint density at radius 1 is 0.719 bits per heavy atom. The molecule has 0 bridgehead atoms. The van der Waals surface area contributed by atoms with Crippen molar-refractivity contribution in [1.29, 1.82) is 0 Å². The summed E-state index contributed by atoms with van der Waals surface area (Å²) >= 11 is 0. The summed E-state index contributed by atoms with van der Waals surface area (Å²) in [5.41, 5.74) is 3.78. The van der Waals surface area contributed by atoms with E-state index in [-0.39, 0.29) is 14.6 Å². The molecular weight excluding hydrogens is 407 g/mol. The first-order valence-electron chi connectivity index (χ1n) is 13.4. The van der Waals surface area contributed by atoms with Crippen LogP contribution >= 0.6 is 0 Å². The Balaban J connectivity index is 1.16. The summed E-state index contributed by atoms with van der Waals surface area (Å²) in [6, 6.07) is 20.7. The fourth-order valence-corrected chi connectivity index (χ4v) is 9.23. The first-order chi connectivity index (χ1) is 15.7. The molecule has 1 aliphatic carbocycles. The van der Waals surface area contributed by atoms with Crippen molar-refractivity contribution in [3.63, 3.8) is 0 Å². The van der Waals surface area contributed by atoms with Gasteiger partial charge in [0, 0.05) is 8.80 Å². The van der Waals surface area contributed by atoms with E-state index < -0.39 is 0 Å². The third-order valence-corrected chi connectivity index (χ3v) is 11.4. The summed E-state index contributed by atoms with van der Waals surface area (Å²) < 4.78 is 13.2. The third kappa shape index (κ3) is 6.79. The number of hydrogen-bond donors (Lipinski definition) is 0. The molecule has 0 amide bonds. The summed E-state index contributed by atoms with van der Waals surface area (Å²) in [4.78, 5) is 0. The maximum absolute atomic E-state index is 13.2. The molecule has 1 heterocycles. The van der Waals surface area contributed by atoms with Crippen LogP contribution in [0.2, 0.25) is 18.1 Å². The van der Waals surface area contributed by atoms with Gasteiger partial charge in [0.2, 0.25) is 0 Å². The van der Waals surface area contributed by atoms with E-state index in [4.69, 9.17) is 0 Å². The van der Waals surface area contributed by atoms with E-state index in [1.54, 1.807) is 43.1 Å². The van der Waals surface area contributed by atoms with Crippen LogP contribution in [0, 0.1) is 17.7 Å². The largest absolute Gasteiger partial charge is 0.207 e. The van der Waals surface area contributed by atoms with Crippen molar-refractivity contribution >= 4 is 8.80 Å². The normalized spacial score (nSPS) is 22.8. The van der Waals surface area contributed by atoms with Crippen molar-refractivity contribution in [1.82, 2.24) is 0 Å². The fourth-order valence-electron chi connectivity index (χ4n) is 6.10. The minimum Gasteiger partial charge on any atom is -0.207 e. The lowest BCUT2D eigenvalue weighted by Gasteiger charge is -2.32. The highest BCUT2D eigenvalue weighted by molar-refractivity contribution is 6.58. The Hall–Kier alpha value is -1.41. The smallest absolute Gasteiger partial charge is 0.123 e. The second-order valence-electron chi connectivity index (χ2n) is 10.6. The van der Waals surface area contributed by atoms with Gasteiger partial charge in [0.1, 0.15) is 5.82 Å². The zero-order valence-corrected chi connectivity index (χ0v) is 21.1. The van der Waals surface area contributed by atoms with Crippen molar-refractivity contribution in [2.24, 2.45) is 11.8 Å². The Morgan fingerprint density at radius 2 is 1.28 bits per heavy atom. The molecule has 1 saturated heterocycles. The minimum absolute atomic E-state index is 0.0279. The van der Waals surface area contributed by atoms with E-state index in [1.165, 1.54) is 68.9 Å². The number of rotatable bonds is 9. The second kappa shape index (κ2) is 12.2. The van der Waals surface area contributed by atoms with Crippen molar-refractivity contribution in [2.45, 2.75) is 102 Å². The highest BCUT2D eigenvalue weighted by atomic mass is 28.3. The molecule has 1 saturated carbocycles. The third-order valence-electron chi connectivity index (χ3n) is 8.34. The zero-order valence-electron chi connectivity index (χ0n) is 20.1. The molecule has 1 aliphatic heterocycles. The summed E-state index contributed by atoms with van der Waals surface area (Å²) in [6.45, 7) is 2.33. The fraction of sp³-hybridized carbons (Fsp3) is 0.600. The molecule has 2 fully saturated rings. The zero-order chi connectivity index (χ0) is 22.2. The van der Waals surface area contributed by atoms with E-state index >= 15 is 0 Å². The first-order valence-corrected chi connectivity index (χ1v) is 15.5. The summed E-state index contributed by atoms with van der Waals surface area (Å²) in [5, 5.41) is 0. The molecule has 2 aliphatic rings. The van der Waals surface area contributed by atoms with Crippen molar-refractivity contribution in [3.8, 4) is 11.1 Å². The van der Waals surface area contributed by atoms with E-state index in [9.17, 15) is 4.39 Å². The van der Waals surface area contributed by atoms with Gasteiger partial charge >= 0.3 is 0 Å². The Kier molecular flexibility index (Phi) is 9.02. The van der Waals surface area contributed by atoms with Gasteiger partial charge in [0.25, 0.3) is 0 Å². The van der Waals surface area contributed by atoms with Gasteiger partial charge < -0.3 is 0 Å². The van der Waals surface area contributed by atoms with Crippen LogP contribution in [0.1, 0.15) is 89.0 Å². The quantitative estimate of drug-likeness (QED) is 0.264. The Bertz CT molecular complexity index is 781. The van der Waals surface area contributed by atoms with Crippen LogP contribution in [-0.4, -0.2) is 8.80 Å². The molecule has 0 atom stereocenters. The number of hydrogen-bond acceptors (Lipinski definition) is 0. The predicted molar refractivity (Wildman–Crippen MR) is 138 cm³/mol. The van der Waals surface area contributed by atoms with Gasteiger partial charge in [-0.1, -0.05) is 106 Å². The van der Waals surface area contributed by atoms with E-state index in [0.717, 1.165) is 23.3 Å². The molecular formula is C30H42FSi. The molecule has 32 heavy (non-hydrogen) atoms. The topological polar surface area (TPSA) is 0 Å². The lowest BCUT2D eigenvalue weighted by molar-refractivity contribution is 0.280. The van der Waals surface area contributed by atoms with Gasteiger partial charge in [-0.2, -0.15) is 0 Å². The number of benzene rings is 2. The molecule has 1 radical (unpaired) electrons. The SMILES string of the molecule is CCCCC[Si]1CCC(CCC2CCC(c3ccc(-c4ccc(F)cc4)cc3)CC2)CC1. The highest BCUT2D eigenvalue weighted by Gasteiger charge is 2.25. The second-order valence-corrected chi connectivity index (χ2v) is 13.6. The maximum Gasteiger partial charge on any atom is 0.123 e. The lowest BCUT2D eigenvalue weighted by atomic mass is 9.76. The molecule has 0 nitrogen and oxygen atoms in total. The summed E-state index contributed by atoms with van der Waals surface area (Å²) in [7, 11) is 0.0279. The van der Waals surface area contributed by atoms with Crippen LogP contribution in [0.5, 0.6) is 0 Å². The van der Waals surface area contributed by atoms with Crippen molar-refractivity contribution in [2.75, 3.05) is 0 Å². The van der Waals surface area contributed by atoms with Crippen molar-refractivity contribution < 1.29 is 4.39 Å². The van der Waals surface area contributed by atoms with Crippen LogP contribution in [0.3, 0.4) is 0 Å². The van der Waals surface area contributed by atoms with Gasteiger partial charge in [-0.05, 0) is 72.3 Å². The number of unbranched alkanes of at least 4 members (excludes halogenated alkanes) is 2. The predicted octanol–water partition coefficient (Wildman–Crippen LogP) is 9.64. The van der Waals surface area contributed by atoms with Gasteiger partial charge in [-0.15, -0.1) is 0 Å². The van der Waals surface area contributed by atoms with Crippen LogP contribution < -0.4 is 0 Å². The van der Waals surface area contributed by atoms with E-state index in [2.05, 4.69) is 31.2 Å². The molecule has 2 aromatic carbocycles. The van der Waals surface area contributed by atoms with E-state index in [0.29, 0.717) is 0 Å². The number of halogens is 1. The monoisotopic (exact) mass is 449 g/mol. The lowest BCUT2D eigenvalue weighted by Crippen LogP contribution is -2.22. The minimum atomic E-state index is -0.168. The Morgan fingerprint density at radius 3 is 1.88 bits per heavy atom. The van der Waals surface area contributed by atoms with Crippen LogP contribution in [-0.2, 0) is 0 Å². The van der Waals surface area contributed by atoms with Gasteiger partial charge in [-0.3, -0.25) is 0 Å². The average molecular weight is 450 g/mol. The summed E-state index contributed by atoms with van der Waals surface area (Å²) in [5.74, 6) is 2.59. The molecule has 2 heteroatoms. The average Bonchev–Trinajstić information content (AvgIpc) is 2.85. The van der Waals surface area contributed by atoms with Gasteiger partial charge in [0.15, 0.2) is 0 Å². The van der Waals surface area contributed by atoms with Gasteiger partial charge in [0.05, 0.1) is 0 Å². The maximum atomic E-state index is 13.2. The Labute approximate surface area is 197 Å². The molecule has 0 aromatic heterocycles. The highest BCUT2D eigenvalue weighted by Crippen LogP contribution is 2.40. The molecule has 2 aromatic rings. The molecule has 0 N–H and O–H groups in total. The molecule has 0 unspecified atom stereocenters. The summed E-state index contributed by atoms with van der Waals surface area (Å²) in [6.07, 6.45) is 16.0. The van der Waals surface area contributed by atoms with Crippen LogP contribution in [0.15, 0.2) is 48.5 Å². The first kappa shape index (κ1) is 23.7. The molecule has 4 rings (SSSR count). The van der Waals surface area contributed by atoms with Crippen molar-refractivity contribution in [3.05, 3.63) is 59.9 Å². The van der Waals surface area contributed by atoms with E-state index in [1.807, 2.05) is 12.1 Å². The molecule has 173 valence electrons.